The summed E-state index contributed by atoms with van der Waals surface area (Å²) in [7, 11) is 1.98. The molecular weight excluding hydrogens is 405 g/mol. The third-order valence-electron chi connectivity index (χ3n) is 5.87. The molecule has 0 bridgehead atoms. The highest BCUT2D eigenvalue weighted by Gasteiger charge is 2.28. The number of likely N-dealkylation sites (tertiary alicyclic amines) is 1. The zero-order chi connectivity index (χ0) is 23.1. The van der Waals surface area contributed by atoms with Crippen molar-refractivity contribution in [1.29, 1.82) is 0 Å². The van der Waals surface area contributed by atoms with Gasteiger partial charge in [0.15, 0.2) is 0 Å². The molecule has 0 aromatic heterocycles. The topological polar surface area (TPSA) is 44.7 Å². The molecule has 4 nitrogen and oxygen atoms in total. The predicted molar refractivity (Wildman–Crippen MR) is 121 cm³/mol. The molecule has 0 aromatic rings. The second-order valence-corrected chi connectivity index (χ2v) is 8.32. The molecule has 0 aliphatic carbocycles. The first-order chi connectivity index (χ1) is 14.8. The van der Waals surface area contributed by atoms with Crippen LogP contribution in [0.5, 0.6) is 0 Å². The van der Waals surface area contributed by atoms with Gasteiger partial charge in [0.05, 0.1) is 12.7 Å². The van der Waals surface area contributed by atoms with Gasteiger partial charge in [0, 0.05) is 25.0 Å². The van der Waals surface area contributed by atoms with Gasteiger partial charge in [0.25, 0.3) is 0 Å². The number of nitrogens with zero attached hydrogens (tertiary/aromatic N) is 1. The molecule has 1 aliphatic rings. The van der Waals surface area contributed by atoms with Gasteiger partial charge in [-0.1, -0.05) is 69.9 Å². The van der Waals surface area contributed by atoms with E-state index in [-0.39, 0.29) is 5.92 Å². The van der Waals surface area contributed by atoms with Crippen LogP contribution in [0.25, 0.3) is 0 Å². The second kappa shape index (κ2) is 15.6. The van der Waals surface area contributed by atoms with Crippen molar-refractivity contribution in [3.63, 3.8) is 0 Å². The van der Waals surface area contributed by atoms with Crippen LogP contribution >= 0.6 is 0 Å². The van der Waals surface area contributed by atoms with Crippen LogP contribution in [-0.4, -0.2) is 61.8 Å². The fraction of sp³-hybridized carbons (Fsp3) is 0.750. The molecule has 1 fully saturated rings. The number of rotatable bonds is 14. The van der Waals surface area contributed by atoms with Crippen LogP contribution in [0.4, 0.5) is 13.2 Å². The van der Waals surface area contributed by atoms with E-state index in [1.165, 1.54) is 12.5 Å². The van der Waals surface area contributed by atoms with Crippen molar-refractivity contribution in [3.05, 3.63) is 36.5 Å². The average Bonchev–Trinajstić information content (AvgIpc) is 2.96. The maximum atomic E-state index is 12.1. The smallest absolute Gasteiger partial charge is 0.392 e. The Labute approximate surface area is 186 Å². The summed E-state index contributed by atoms with van der Waals surface area (Å²) in [6.07, 6.45) is 9.69. The van der Waals surface area contributed by atoms with Crippen molar-refractivity contribution in [2.24, 2.45) is 5.92 Å². The maximum absolute atomic E-state index is 12.1. The third-order valence-corrected chi connectivity index (χ3v) is 5.87. The monoisotopic (exact) mass is 446 g/mol. The summed E-state index contributed by atoms with van der Waals surface area (Å²) in [5.41, 5.74) is 0.844. The van der Waals surface area contributed by atoms with Gasteiger partial charge >= 0.3 is 6.36 Å². The number of aliphatic hydroxyl groups is 1. The summed E-state index contributed by atoms with van der Waals surface area (Å²) in [6, 6.07) is 0.431. The molecule has 2 N–H and O–H groups in total. The summed E-state index contributed by atoms with van der Waals surface area (Å²) < 4.78 is 40.2. The first-order valence-corrected chi connectivity index (χ1v) is 11.6. The Bertz CT molecular complexity index is 549. The normalized spacial score (nSPS) is 21.2. The molecule has 0 spiro atoms. The molecule has 0 aromatic carbocycles. The van der Waals surface area contributed by atoms with E-state index < -0.39 is 19.1 Å². The van der Waals surface area contributed by atoms with Gasteiger partial charge in [-0.15, -0.1) is 13.2 Å². The van der Waals surface area contributed by atoms with Crippen LogP contribution in [0.2, 0.25) is 0 Å². The van der Waals surface area contributed by atoms with Gasteiger partial charge < -0.3 is 15.3 Å². The standard InChI is InChI=1S/C24H41F3N2O2/c1-4-6-7-8-15-23(30)22(19-29-16-11-9-14-21(18-29)28-3)20(5-2)13-10-12-17-31-24(25,26)27/h5,10,12-13,21-23,28,30H,2,4,6-9,11,14-19H2,1,3H3/b12-10-,20-13+. The summed E-state index contributed by atoms with van der Waals surface area (Å²) in [5.74, 6) is -0.136. The summed E-state index contributed by atoms with van der Waals surface area (Å²) in [6.45, 7) is 8.13. The molecule has 1 rings (SSSR count). The zero-order valence-corrected chi connectivity index (χ0v) is 19.2. The second-order valence-electron chi connectivity index (χ2n) is 8.32. The fourth-order valence-corrected chi connectivity index (χ4v) is 4.05. The van der Waals surface area contributed by atoms with E-state index in [2.05, 4.69) is 28.5 Å². The molecule has 3 unspecified atom stereocenters. The average molecular weight is 447 g/mol. The number of nitrogens with one attached hydrogen (secondary N) is 1. The SMILES string of the molecule is C=C/C(=C\C=C/COC(F)(F)F)C(CN1CCCCC(NC)C1)C(O)CCCCCC. The molecule has 0 radical (unpaired) electrons. The number of aliphatic hydroxyl groups excluding tert-OH is 1. The van der Waals surface area contributed by atoms with Crippen LogP contribution < -0.4 is 5.32 Å². The van der Waals surface area contributed by atoms with Crippen molar-refractivity contribution < 1.29 is 23.0 Å². The fourth-order valence-electron chi connectivity index (χ4n) is 4.05. The van der Waals surface area contributed by atoms with E-state index in [0.717, 1.165) is 57.2 Å². The highest BCUT2D eigenvalue weighted by Crippen LogP contribution is 2.24. The Morgan fingerprint density at radius 2 is 2.06 bits per heavy atom. The highest BCUT2D eigenvalue weighted by molar-refractivity contribution is 5.26. The summed E-state index contributed by atoms with van der Waals surface area (Å²) >= 11 is 0. The minimum absolute atomic E-state index is 0.136. The van der Waals surface area contributed by atoms with Gasteiger partial charge in [-0.25, -0.2) is 0 Å². The molecular formula is C24H41F3N2O2. The zero-order valence-electron chi connectivity index (χ0n) is 19.2. The number of alkyl halides is 3. The van der Waals surface area contributed by atoms with E-state index in [1.54, 1.807) is 18.2 Å². The van der Waals surface area contributed by atoms with Gasteiger partial charge in [0.2, 0.25) is 0 Å². The molecule has 1 aliphatic heterocycles. The van der Waals surface area contributed by atoms with Gasteiger partial charge in [0.1, 0.15) is 0 Å². The van der Waals surface area contributed by atoms with Crippen molar-refractivity contribution in [2.75, 3.05) is 33.3 Å². The van der Waals surface area contributed by atoms with Crippen molar-refractivity contribution in [2.45, 2.75) is 76.8 Å². The predicted octanol–water partition coefficient (Wildman–Crippen LogP) is 5.21. The molecule has 1 heterocycles. The Balaban J connectivity index is 2.88. The van der Waals surface area contributed by atoms with Gasteiger partial charge in [-0.2, -0.15) is 0 Å². The lowest BCUT2D eigenvalue weighted by Crippen LogP contribution is -2.42. The van der Waals surface area contributed by atoms with Crippen LogP contribution in [0.1, 0.15) is 58.3 Å². The van der Waals surface area contributed by atoms with Crippen molar-refractivity contribution in [1.82, 2.24) is 10.2 Å². The highest BCUT2D eigenvalue weighted by atomic mass is 19.4. The van der Waals surface area contributed by atoms with Gasteiger partial charge in [-0.05, 0) is 38.4 Å². The Kier molecular flexibility index (Phi) is 14.0. The molecule has 7 heteroatoms. The van der Waals surface area contributed by atoms with Crippen molar-refractivity contribution in [3.8, 4) is 0 Å². The Hall–Kier alpha value is -1.15. The number of hydrogen-bond donors (Lipinski definition) is 2. The van der Waals surface area contributed by atoms with E-state index >= 15 is 0 Å². The number of hydrogen-bond acceptors (Lipinski definition) is 4. The quantitative estimate of drug-likeness (QED) is 0.284. The lowest BCUT2D eigenvalue weighted by molar-refractivity contribution is -0.319. The van der Waals surface area contributed by atoms with Crippen LogP contribution in [-0.2, 0) is 4.74 Å². The van der Waals surface area contributed by atoms with Crippen molar-refractivity contribution >= 4 is 0 Å². The Morgan fingerprint density at radius 3 is 2.71 bits per heavy atom. The molecule has 0 saturated carbocycles. The summed E-state index contributed by atoms with van der Waals surface area (Å²) in [5, 5.41) is 14.4. The van der Waals surface area contributed by atoms with E-state index in [0.29, 0.717) is 19.0 Å². The minimum atomic E-state index is -4.64. The van der Waals surface area contributed by atoms with Crippen LogP contribution in [0.3, 0.4) is 0 Å². The number of likely N-dealkylation sites (N-methyl/N-ethyl adjacent to an activating group) is 1. The summed E-state index contributed by atoms with van der Waals surface area (Å²) in [4.78, 5) is 2.39. The lowest BCUT2D eigenvalue weighted by atomic mass is 9.88. The third kappa shape index (κ3) is 12.5. The Morgan fingerprint density at radius 1 is 1.29 bits per heavy atom. The number of unbranched alkanes of at least 4 members (excludes halogenated alkanes) is 3. The van der Waals surface area contributed by atoms with E-state index in [4.69, 9.17) is 0 Å². The number of allylic oxidation sites excluding steroid dienone is 3. The lowest BCUT2D eigenvalue weighted by Gasteiger charge is -2.32. The molecule has 1 saturated heterocycles. The maximum Gasteiger partial charge on any atom is 0.522 e. The van der Waals surface area contributed by atoms with E-state index in [1.807, 2.05) is 7.05 Å². The van der Waals surface area contributed by atoms with Gasteiger partial charge in [-0.3, -0.25) is 4.74 Å². The number of ether oxygens (including phenoxy) is 1. The molecule has 0 amide bonds. The van der Waals surface area contributed by atoms with Crippen LogP contribution in [0, 0.1) is 5.92 Å². The molecule has 180 valence electrons. The largest absolute Gasteiger partial charge is 0.522 e. The number of halogens is 3. The van der Waals surface area contributed by atoms with E-state index in [9.17, 15) is 18.3 Å². The molecule has 31 heavy (non-hydrogen) atoms. The first kappa shape index (κ1) is 27.9. The molecule has 3 atom stereocenters. The first-order valence-electron chi connectivity index (χ1n) is 11.6. The van der Waals surface area contributed by atoms with Crippen LogP contribution in [0.15, 0.2) is 36.5 Å². The minimum Gasteiger partial charge on any atom is -0.392 e.